The van der Waals surface area contributed by atoms with Gasteiger partial charge in [-0.05, 0) is 36.8 Å². The van der Waals surface area contributed by atoms with Crippen LogP contribution in [-0.4, -0.2) is 41.2 Å². The first-order valence-corrected chi connectivity index (χ1v) is 9.78. The minimum absolute atomic E-state index is 0.0405. The van der Waals surface area contributed by atoms with Crippen LogP contribution in [0.4, 0.5) is 0 Å². The van der Waals surface area contributed by atoms with Gasteiger partial charge in [-0.1, -0.05) is 30.1 Å². The number of likely N-dealkylation sites (tertiary alicyclic amines) is 1. The quantitative estimate of drug-likeness (QED) is 0.541. The third kappa shape index (κ3) is 5.13. The summed E-state index contributed by atoms with van der Waals surface area (Å²) in [5, 5.41) is 0.854. The second-order valence-electron chi connectivity index (χ2n) is 5.60. The molecule has 0 N–H and O–H groups in total. The van der Waals surface area contributed by atoms with Crippen molar-refractivity contribution in [3.05, 3.63) is 33.8 Å². The van der Waals surface area contributed by atoms with E-state index in [0.717, 1.165) is 11.5 Å². The highest BCUT2D eigenvalue weighted by Gasteiger charge is 2.27. The standard InChI is InChI=1S/C17H21Cl2NO2S/c1-2-23-10-7-16(21)20-8-5-12(6-9-20)17(22)13-3-4-14(18)15(19)11-13/h3-4,11-12H,2,5-10H2,1H3. The Hall–Kier alpha value is -0.710. The summed E-state index contributed by atoms with van der Waals surface area (Å²) in [6, 6.07) is 5.00. The molecule has 1 saturated heterocycles. The number of nitrogens with zero attached hydrogens (tertiary/aromatic N) is 1. The number of carbonyl (C=O) groups is 2. The van der Waals surface area contributed by atoms with Crippen molar-refractivity contribution in [2.24, 2.45) is 5.92 Å². The molecule has 0 bridgehead atoms. The van der Waals surface area contributed by atoms with Crippen LogP contribution in [0.3, 0.4) is 0 Å². The second kappa shape index (κ2) is 8.95. The molecule has 1 fully saturated rings. The van der Waals surface area contributed by atoms with Crippen LogP contribution >= 0.6 is 35.0 Å². The van der Waals surface area contributed by atoms with E-state index in [2.05, 4.69) is 6.92 Å². The molecule has 1 aromatic carbocycles. The molecule has 1 aliphatic heterocycles. The lowest BCUT2D eigenvalue weighted by Gasteiger charge is -2.31. The van der Waals surface area contributed by atoms with Crippen molar-refractivity contribution in [2.45, 2.75) is 26.2 Å². The number of thioether (sulfide) groups is 1. The van der Waals surface area contributed by atoms with Crippen LogP contribution in [0.5, 0.6) is 0 Å². The SMILES string of the molecule is CCSCCC(=O)N1CCC(C(=O)c2ccc(Cl)c(Cl)c2)CC1. The number of Topliss-reactive ketones (excluding diaryl/α,β-unsaturated/α-hetero) is 1. The highest BCUT2D eigenvalue weighted by atomic mass is 35.5. The van der Waals surface area contributed by atoms with Crippen molar-refractivity contribution in [3.63, 3.8) is 0 Å². The van der Waals surface area contributed by atoms with Crippen LogP contribution in [0.15, 0.2) is 18.2 Å². The Bertz CT molecular complexity index is 572. The first-order valence-electron chi connectivity index (χ1n) is 7.87. The summed E-state index contributed by atoms with van der Waals surface area (Å²) in [6.45, 7) is 3.41. The molecule has 0 unspecified atom stereocenters. The molecular formula is C17H21Cl2NO2S. The Kier molecular flexibility index (Phi) is 7.25. The van der Waals surface area contributed by atoms with Gasteiger partial charge in [0.2, 0.25) is 5.91 Å². The van der Waals surface area contributed by atoms with Gasteiger partial charge in [0.15, 0.2) is 5.78 Å². The van der Waals surface area contributed by atoms with Crippen molar-refractivity contribution in [1.29, 1.82) is 0 Å². The molecule has 6 heteroatoms. The molecular weight excluding hydrogens is 353 g/mol. The zero-order chi connectivity index (χ0) is 16.8. The van der Waals surface area contributed by atoms with E-state index in [9.17, 15) is 9.59 Å². The molecule has 3 nitrogen and oxygen atoms in total. The average Bonchev–Trinajstić information content (AvgIpc) is 2.57. The normalized spacial score (nSPS) is 15.7. The third-order valence-electron chi connectivity index (χ3n) is 4.09. The minimum Gasteiger partial charge on any atom is -0.343 e. The zero-order valence-corrected chi connectivity index (χ0v) is 15.5. The zero-order valence-electron chi connectivity index (χ0n) is 13.2. The van der Waals surface area contributed by atoms with E-state index in [1.807, 2.05) is 4.90 Å². The fourth-order valence-electron chi connectivity index (χ4n) is 2.74. The summed E-state index contributed by atoms with van der Waals surface area (Å²) in [7, 11) is 0. The summed E-state index contributed by atoms with van der Waals surface area (Å²) >= 11 is 13.7. The molecule has 0 atom stereocenters. The molecule has 23 heavy (non-hydrogen) atoms. The van der Waals surface area contributed by atoms with Gasteiger partial charge in [0.1, 0.15) is 0 Å². The average molecular weight is 374 g/mol. The lowest BCUT2D eigenvalue weighted by Crippen LogP contribution is -2.40. The summed E-state index contributed by atoms with van der Waals surface area (Å²) in [5.74, 6) is 2.16. The van der Waals surface area contributed by atoms with Gasteiger partial charge >= 0.3 is 0 Å². The molecule has 0 aromatic heterocycles. The topological polar surface area (TPSA) is 37.4 Å². The van der Waals surface area contributed by atoms with Crippen LogP contribution < -0.4 is 0 Å². The third-order valence-corrected chi connectivity index (χ3v) is 5.73. The van der Waals surface area contributed by atoms with Gasteiger partial charge in [-0.3, -0.25) is 9.59 Å². The van der Waals surface area contributed by atoms with Crippen LogP contribution in [-0.2, 0) is 4.79 Å². The van der Waals surface area contributed by atoms with E-state index in [1.54, 1.807) is 30.0 Å². The lowest BCUT2D eigenvalue weighted by molar-refractivity contribution is -0.131. The Labute approximate surface area is 151 Å². The monoisotopic (exact) mass is 373 g/mol. The summed E-state index contributed by atoms with van der Waals surface area (Å²) in [5.41, 5.74) is 0.600. The summed E-state index contributed by atoms with van der Waals surface area (Å²) in [6.07, 6.45) is 2.02. The van der Waals surface area contributed by atoms with E-state index >= 15 is 0 Å². The van der Waals surface area contributed by atoms with E-state index in [0.29, 0.717) is 48.0 Å². The van der Waals surface area contributed by atoms with Crippen molar-refractivity contribution < 1.29 is 9.59 Å². The lowest BCUT2D eigenvalue weighted by atomic mass is 9.89. The van der Waals surface area contributed by atoms with Gasteiger partial charge in [-0.2, -0.15) is 11.8 Å². The van der Waals surface area contributed by atoms with E-state index in [-0.39, 0.29) is 17.6 Å². The number of hydrogen-bond donors (Lipinski definition) is 0. The van der Waals surface area contributed by atoms with Gasteiger partial charge in [0, 0.05) is 36.7 Å². The first-order chi connectivity index (χ1) is 11.0. The fourth-order valence-corrected chi connectivity index (χ4v) is 3.64. The fraction of sp³-hybridized carbons (Fsp3) is 0.529. The Balaban J connectivity index is 1.87. The molecule has 0 radical (unpaired) electrons. The number of benzene rings is 1. The van der Waals surface area contributed by atoms with Crippen LogP contribution in [0.25, 0.3) is 0 Å². The Morgan fingerprint density at radius 3 is 2.52 bits per heavy atom. The second-order valence-corrected chi connectivity index (χ2v) is 7.80. The molecule has 1 aromatic rings. The van der Waals surface area contributed by atoms with E-state index < -0.39 is 0 Å². The Morgan fingerprint density at radius 1 is 1.22 bits per heavy atom. The summed E-state index contributed by atoms with van der Waals surface area (Å²) in [4.78, 5) is 26.5. The number of carbonyl (C=O) groups excluding carboxylic acids is 2. The molecule has 1 aliphatic rings. The Morgan fingerprint density at radius 2 is 1.91 bits per heavy atom. The molecule has 126 valence electrons. The first kappa shape index (κ1) is 18.6. The maximum Gasteiger partial charge on any atom is 0.223 e. The number of hydrogen-bond acceptors (Lipinski definition) is 3. The molecule has 1 amide bonds. The van der Waals surface area contributed by atoms with Crippen LogP contribution in [0.1, 0.15) is 36.5 Å². The van der Waals surface area contributed by atoms with Gasteiger partial charge in [-0.15, -0.1) is 0 Å². The van der Waals surface area contributed by atoms with Gasteiger partial charge in [0.25, 0.3) is 0 Å². The predicted octanol–water partition coefficient (Wildman–Crippen LogP) is 4.56. The number of piperidine rings is 1. The molecule has 0 aliphatic carbocycles. The number of amides is 1. The molecule has 0 saturated carbocycles. The summed E-state index contributed by atoms with van der Waals surface area (Å²) < 4.78 is 0. The largest absolute Gasteiger partial charge is 0.343 e. The maximum atomic E-state index is 12.5. The predicted molar refractivity (Wildman–Crippen MR) is 97.7 cm³/mol. The highest BCUT2D eigenvalue weighted by Crippen LogP contribution is 2.27. The smallest absolute Gasteiger partial charge is 0.223 e. The number of halogens is 2. The maximum absolute atomic E-state index is 12.5. The van der Waals surface area contributed by atoms with Gasteiger partial charge < -0.3 is 4.90 Å². The van der Waals surface area contributed by atoms with E-state index in [1.165, 1.54) is 0 Å². The molecule has 2 rings (SSSR count). The van der Waals surface area contributed by atoms with Crippen LogP contribution in [0.2, 0.25) is 10.0 Å². The van der Waals surface area contributed by atoms with Gasteiger partial charge in [0.05, 0.1) is 10.0 Å². The van der Waals surface area contributed by atoms with E-state index in [4.69, 9.17) is 23.2 Å². The van der Waals surface area contributed by atoms with Crippen molar-refractivity contribution in [2.75, 3.05) is 24.6 Å². The van der Waals surface area contributed by atoms with Gasteiger partial charge in [-0.25, -0.2) is 0 Å². The number of ketones is 1. The van der Waals surface area contributed by atoms with Crippen molar-refractivity contribution in [1.82, 2.24) is 4.90 Å². The molecule has 1 heterocycles. The van der Waals surface area contributed by atoms with Crippen LogP contribution in [0, 0.1) is 5.92 Å². The number of rotatable bonds is 6. The molecule has 0 spiro atoms. The highest BCUT2D eigenvalue weighted by molar-refractivity contribution is 7.99. The van der Waals surface area contributed by atoms with Crippen molar-refractivity contribution >= 4 is 46.7 Å². The van der Waals surface area contributed by atoms with Crippen molar-refractivity contribution in [3.8, 4) is 0 Å². The minimum atomic E-state index is -0.0405.